The minimum absolute atomic E-state index is 0.128. The van der Waals surface area contributed by atoms with Crippen molar-refractivity contribution < 1.29 is 19.4 Å². The highest BCUT2D eigenvalue weighted by Crippen LogP contribution is 2.21. The molecule has 1 saturated heterocycles. The molecule has 5 heteroatoms. The van der Waals surface area contributed by atoms with E-state index in [4.69, 9.17) is 4.74 Å². The van der Waals surface area contributed by atoms with E-state index in [1.807, 2.05) is 24.0 Å². The zero-order valence-electron chi connectivity index (χ0n) is 16.6. The monoisotopic (exact) mass is 367 g/mol. The summed E-state index contributed by atoms with van der Waals surface area (Å²) in [6.45, 7) is 5.19. The molecule has 1 aliphatic rings. The van der Waals surface area contributed by atoms with Gasteiger partial charge in [0.1, 0.15) is 0 Å². The number of unbranched alkanes of at least 4 members (excludes halogenated alkanes) is 4. The number of rotatable bonds is 13. The molecule has 0 saturated carbocycles. The number of aliphatic hydroxyl groups excluding tert-OH is 1. The second kappa shape index (κ2) is 13.8. The number of ether oxygens (including phenoxy) is 1. The molecule has 5 nitrogen and oxygen atoms in total. The van der Waals surface area contributed by atoms with Crippen LogP contribution in [0.3, 0.4) is 0 Å². The fourth-order valence-corrected chi connectivity index (χ4v) is 3.36. The van der Waals surface area contributed by atoms with Crippen LogP contribution in [0, 0.1) is 0 Å². The maximum Gasteiger partial charge on any atom is 0.305 e. The average Bonchev–Trinajstić information content (AvgIpc) is 3.08. The first-order valence-corrected chi connectivity index (χ1v) is 10.4. The van der Waals surface area contributed by atoms with Crippen LogP contribution in [0.25, 0.3) is 0 Å². The lowest BCUT2D eigenvalue weighted by molar-refractivity contribution is -0.143. The van der Waals surface area contributed by atoms with Crippen LogP contribution in [0.1, 0.15) is 84.5 Å². The van der Waals surface area contributed by atoms with Crippen LogP contribution in [0.4, 0.5) is 0 Å². The molecule has 0 radical (unpaired) electrons. The third-order valence-corrected chi connectivity index (χ3v) is 4.86. The SMILES string of the molecule is CCCCCC(O)/C=C/[C@@H]1CCCN1C(=O)CCCCCC(=O)OCC. The summed E-state index contributed by atoms with van der Waals surface area (Å²) in [4.78, 5) is 25.7. The van der Waals surface area contributed by atoms with Gasteiger partial charge in [0.25, 0.3) is 0 Å². The molecule has 0 aromatic heterocycles. The van der Waals surface area contributed by atoms with Gasteiger partial charge in [-0.2, -0.15) is 0 Å². The van der Waals surface area contributed by atoms with E-state index in [0.717, 1.165) is 64.3 Å². The number of nitrogens with zero attached hydrogens (tertiary/aromatic N) is 1. The third-order valence-electron chi connectivity index (χ3n) is 4.86. The van der Waals surface area contributed by atoms with E-state index in [-0.39, 0.29) is 17.9 Å². The van der Waals surface area contributed by atoms with Crippen LogP contribution in [0.5, 0.6) is 0 Å². The fourth-order valence-electron chi connectivity index (χ4n) is 3.36. The van der Waals surface area contributed by atoms with Gasteiger partial charge in [-0.3, -0.25) is 9.59 Å². The summed E-state index contributed by atoms with van der Waals surface area (Å²) in [7, 11) is 0. The molecule has 1 fully saturated rings. The lowest BCUT2D eigenvalue weighted by atomic mass is 10.1. The Morgan fingerprint density at radius 2 is 1.92 bits per heavy atom. The van der Waals surface area contributed by atoms with E-state index < -0.39 is 6.10 Å². The van der Waals surface area contributed by atoms with Gasteiger partial charge in [0, 0.05) is 19.4 Å². The zero-order chi connectivity index (χ0) is 19.2. The summed E-state index contributed by atoms with van der Waals surface area (Å²) in [5.41, 5.74) is 0. The van der Waals surface area contributed by atoms with Gasteiger partial charge in [-0.1, -0.05) is 44.8 Å². The van der Waals surface area contributed by atoms with Gasteiger partial charge in [-0.05, 0) is 39.0 Å². The van der Waals surface area contributed by atoms with Gasteiger partial charge in [0.05, 0.1) is 18.8 Å². The van der Waals surface area contributed by atoms with Crippen molar-refractivity contribution in [2.45, 2.75) is 96.6 Å². The Kier molecular flexibility index (Phi) is 12.0. The van der Waals surface area contributed by atoms with Gasteiger partial charge in [-0.25, -0.2) is 0 Å². The Morgan fingerprint density at radius 3 is 2.65 bits per heavy atom. The van der Waals surface area contributed by atoms with Crippen LogP contribution in [-0.4, -0.2) is 47.2 Å². The minimum atomic E-state index is -0.401. The van der Waals surface area contributed by atoms with Crippen LogP contribution in [0.15, 0.2) is 12.2 Å². The molecule has 0 aromatic rings. The number of likely N-dealkylation sites (tertiary alicyclic amines) is 1. The molecule has 1 aliphatic heterocycles. The van der Waals surface area contributed by atoms with Gasteiger partial charge in [0.2, 0.25) is 5.91 Å². The Bertz CT molecular complexity index is 436. The first kappa shape index (κ1) is 22.7. The number of hydrogen-bond acceptors (Lipinski definition) is 4. The number of amides is 1. The third kappa shape index (κ3) is 9.37. The van der Waals surface area contributed by atoms with Crippen LogP contribution < -0.4 is 0 Å². The molecule has 26 heavy (non-hydrogen) atoms. The van der Waals surface area contributed by atoms with Crippen molar-refractivity contribution >= 4 is 11.9 Å². The molecule has 1 N–H and O–H groups in total. The number of carbonyl (C=O) groups is 2. The Hall–Kier alpha value is -1.36. The minimum Gasteiger partial charge on any atom is -0.466 e. The van der Waals surface area contributed by atoms with Crippen molar-refractivity contribution in [3.05, 3.63) is 12.2 Å². The van der Waals surface area contributed by atoms with Gasteiger partial charge < -0.3 is 14.7 Å². The predicted molar refractivity (Wildman–Crippen MR) is 104 cm³/mol. The van der Waals surface area contributed by atoms with E-state index in [2.05, 4.69) is 6.92 Å². The lowest BCUT2D eigenvalue weighted by Gasteiger charge is -2.22. The molecule has 1 amide bonds. The number of hydrogen-bond donors (Lipinski definition) is 1. The molecular formula is C21H37NO4. The number of aliphatic hydroxyl groups is 1. The van der Waals surface area contributed by atoms with E-state index in [9.17, 15) is 14.7 Å². The maximum atomic E-state index is 12.4. The topological polar surface area (TPSA) is 66.8 Å². The van der Waals surface area contributed by atoms with E-state index in [1.54, 1.807) is 0 Å². The molecule has 0 spiro atoms. The molecule has 1 rings (SSSR count). The van der Waals surface area contributed by atoms with E-state index in [1.165, 1.54) is 0 Å². The summed E-state index contributed by atoms with van der Waals surface area (Å²) in [5.74, 6) is 0.0369. The van der Waals surface area contributed by atoms with Gasteiger partial charge in [-0.15, -0.1) is 0 Å². The van der Waals surface area contributed by atoms with E-state index >= 15 is 0 Å². The molecular weight excluding hydrogens is 330 g/mol. The highest BCUT2D eigenvalue weighted by molar-refractivity contribution is 5.77. The smallest absolute Gasteiger partial charge is 0.305 e. The summed E-state index contributed by atoms with van der Waals surface area (Å²) in [6.07, 6.45) is 13.1. The quantitative estimate of drug-likeness (QED) is 0.304. The second-order valence-corrected chi connectivity index (χ2v) is 7.11. The molecule has 0 aliphatic carbocycles. The largest absolute Gasteiger partial charge is 0.466 e. The highest BCUT2D eigenvalue weighted by atomic mass is 16.5. The first-order valence-electron chi connectivity index (χ1n) is 10.4. The zero-order valence-corrected chi connectivity index (χ0v) is 16.6. The Balaban J connectivity index is 2.26. The molecule has 2 atom stereocenters. The van der Waals surface area contributed by atoms with Crippen molar-refractivity contribution in [3.63, 3.8) is 0 Å². The Morgan fingerprint density at radius 1 is 1.15 bits per heavy atom. The van der Waals surface area contributed by atoms with Crippen molar-refractivity contribution in [2.24, 2.45) is 0 Å². The molecule has 1 heterocycles. The summed E-state index contributed by atoms with van der Waals surface area (Å²) in [6, 6.07) is 0.128. The summed E-state index contributed by atoms with van der Waals surface area (Å²) >= 11 is 0. The predicted octanol–water partition coefficient (Wildman–Crippen LogP) is 3.99. The van der Waals surface area contributed by atoms with Gasteiger partial charge in [0.15, 0.2) is 0 Å². The lowest BCUT2D eigenvalue weighted by Crippen LogP contribution is -2.34. The summed E-state index contributed by atoms with van der Waals surface area (Å²) < 4.78 is 4.90. The first-order chi connectivity index (χ1) is 12.6. The van der Waals surface area contributed by atoms with Crippen LogP contribution >= 0.6 is 0 Å². The molecule has 150 valence electrons. The van der Waals surface area contributed by atoms with Crippen molar-refractivity contribution in [3.8, 4) is 0 Å². The standard InChI is InChI=1S/C21H37NO4/c1-3-5-7-12-19(23)16-15-18-11-10-17-22(18)20(24)13-8-6-9-14-21(25)26-4-2/h15-16,18-19,23H,3-14,17H2,1-2H3/b16-15+/t18-,19?/m0/s1. The number of carbonyl (C=O) groups excluding carboxylic acids is 2. The van der Waals surface area contributed by atoms with Gasteiger partial charge >= 0.3 is 5.97 Å². The van der Waals surface area contributed by atoms with Crippen molar-refractivity contribution in [1.82, 2.24) is 4.90 Å². The summed E-state index contributed by atoms with van der Waals surface area (Å²) in [5, 5.41) is 10.0. The van der Waals surface area contributed by atoms with Crippen LogP contribution in [0.2, 0.25) is 0 Å². The molecule has 0 bridgehead atoms. The number of esters is 1. The average molecular weight is 368 g/mol. The van der Waals surface area contributed by atoms with Crippen molar-refractivity contribution in [1.29, 1.82) is 0 Å². The Labute approximate surface area is 158 Å². The van der Waals surface area contributed by atoms with E-state index in [0.29, 0.717) is 19.4 Å². The second-order valence-electron chi connectivity index (χ2n) is 7.11. The molecule has 1 unspecified atom stereocenters. The fraction of sp³-hybridized carbons (Fsp3) is 0.810. The highest BCUT2D eigenvalue weighted by Gasteiger charge is 2.26. The normalized spacial score (nSPS) is 18.4. The maximum absolute atomic E-state index is 12.4. The van der Waals surface area contributed by atoms with Crippen LogP contribution in [-0.2, 0) is 14.3 Å². The van der Waals surface area contributed by atoms with Crippen molar-refractivity contribution in [2.75, 3.05) is 13.2 Å². The molecule has 0 aromatic carbocycles.